The molecule has 1 N–H and O–H groups in total. The summed E-state index contributed by atoms with van der Waals surface area (Å²) < 4.78 is 31.4. The molecular formula is C13H13NO4S. The third-order valence-electron chi connectivity index (χ3n) is 2.54. The van der Waals surface area contributed by atoms with E-state index in [9.17, 15) is 13.2 Å². The van der Waals surface area contributed by atoms with E-state index >= 15 is 0 Å². The Balaban J connectivity index is 2.37. The van der Waals surface area contributed by atoms with Crippen LogP contribution in [0.2, 0.25) is 0 Å². The highest BCUT2D eigenvalue weighted by Crippen LogP contribution is 2.17. The summed E-state index contributed by atoms with van der Waals surface area (Å²) in [5.74, 6) is 0. The van der Waals surface area contributed by atoms with Gasteiger partial charge in [0.05, 0.1) is 4.90 Å². The molecule has 0 aliphatic carbocycles. The molecule has 0 unspecified atom stereocenters. The Hall–Kier alpha value is -1.92. The Kier molecular flexibility index (Phi) is 3.82. The SMILES string of the molecule is C=CCCNS(=O)(=O)c1ccc2oc(=O)ccc2c1. The van der Waals surface area contributed by atoms with Crippen molar-refractivity contribution in [1.82, 2.24) is 4.72 Å². The third-order valence-corrected chi connectivity index (χ3v) is 4.00. The molecule has 1 aromatic carbocycles. The molecule has 0 amide bonds. The average molecular weight is 279 g/mol. The molecule has 0 aliphatic heterocycles. The molecule has 2 aromatic rings. The molecule has 0 spiro atoms. The standard InChI is InChI=1S/C13H13NO4S/c1-2-3-8-14-19(16,17)11-5-6-12-10(9-11)4-7-13(15)18-12/h2,4-7,9,14H,1,3,8H2. The Morgan fingerprint density at radius 1 is 1.26 bits per heavy atom. The minimum absolute atomic E-state index is 0.137. The van der Waals surface area contributed by atoms with Gasteiger partial charge in [-0.25, -0.2) is 17.9 Å². The first kappa shape index (κ1) is 13.5. The first-order chi connectivity index (χ1) is 9.03. The lowest BCUT2D eigenvalue weighted by molar-refractivity contribution is 0.560. The second kappa shape index (κ2) is 5.38. The predicted molar refractivity (Wildman–Crippen MR) is 72.5 cm³/mol. The molecule has 19 heavy (non-hydrogen) atoms. The van der Waals surface area contributed by atoms with Gasteiger partial charge in [0.15, 0.2) is 0 Å². The Labute approximate surface area is 110 Å². The zero-order valence-electron chi connectivity index (χ0n) is 10.1. The molecule has 0 saturated heterocycles. The summed E-state index contributed by atoms with van der Waals surface area (Å²) in [4.78, 5) is 11.2. The van der Waals surface area contributed by atoms with E-state index in [4.69, 9.17) is 4.42 Å². The number of hydrogen-bond acceptors (Lipinski definition) is 4. The van der Waals surface area contributed by atoms with Crippen LogP contribution in [0, 0.1) is 0 Å². The highest BCUT2D eigenvalue weighted by Gasteiger charge is 2.13. The van der Waals surface area contributed by atoms with Crippen molar-refractivity contribution < 1.29 is 12.8 Å². The molecular weight excluding hydrogens is 266 g/mol. The van der Waals surface area contributed by atoms with Crippen molar-refractivity contribution in [1.29, 1.82) is 0 Å². The van der Waals surface area contributed by atoms with Crippen molar-refractivity contribution in [2.75, 3.05) is 6.54 Å². The third kappa shape index (κ3) is 3.10. The molecule has 0 saturated carbocycles. The highest BCUT2D eigenvalue weighted by molar-refractivity contribution is 7.89. The Morgan fingerprint density at radius 3 is 2.79 bits per heavy atom. The number of hydrogen-bond donors (Lipinski definition) is 1. The number of nitrogens with one attached hydrogen (secondary N) is 1. The van der Waals surface area contributed by atoms with E-state index in [-0.39, 0.29) is 4.90 Å². The van der Waals surface area contributed by atoms with Gasteiger partial charge in [-0.05, 0) is 30.7 Å². The summed E-state index contributed by atoms with van der Waals surface area (Å²) in [6.07, 6.45) is 2.19. The normalized spacial score (nSPS) is 11.6. The van der Waals surface area contributed by atoms with Crippen LogP contribution in [0.25, 0.3) is 11.0 Å². The lowest BCUT2D eigenvalue weighted by Gasteiger charge is -2.06. The minimum atomic E-state index is -3.55. The maximum absolute atomic E-state index is 12.0. The van der Waals surface area contributed by atoms with E-state index in [1.807, 2.05) is 0 Å². The van der Waals surface area contributed by atoms with Crippen molar-refractivity contribution in [3.05, 3.63) is 53.4 Å². The monoisotopic (exact) mass is 279 g/mol. The van der Waals surface area contributed by atoms with Crippen molar-refractivity contribution in [2.24, 2.45) is 0 Å². The Bertz CT molecular complexity index is 762. The van der Waals surface area contributed by atoms with Crippen LogP contribution in [0.15, 0.2) is 57.1 Å². The maximum atomic E-state index is 12.0. The fourth-order valence-electron chi connectivity index (χ4n) is 1.60. The van der Waals surface area contributed by atoms with Gasteiger partial charge in [-0.15, -0.1) is 6.58 Å². The number of fused-ring (bicyclic) bond motifs is 1. The first-order valence-corrected chi connectivity index (χ1v) is 7.16. The van der Waals surface area contributed by atoms with Crippen molar-refractivity contribution in [3.8, 4) is 0 Å². The zero-order valence-corrected chi connectivity index (χ0v) is 10.9. The van der Waals surface area contributed by atoms with Crippen LogP contribution in [0.3, 0.4) is 0 Å². The molecule has 0 fully saturated rings. The number of sulfonamides is 1. The van der Waals surface area contributed by atoms with Crippen LogP contribution in [-0.2, 0) is 10.0 Å². The predicted octanol–water partition coefficient (Wildman–Crippen LogP) is 1.65. The smallest absolute Gasteiger partial charge is 0.336 e. The summed E-state index contributed by atoms with van der Waals surface area (Å²) in [7, 11) is -3.55. The van der Waals surface area contributed by atoms with Crippen molar-refractivity contribution >= 4 is 21.0 Å². The van der Waals surface area contributed by atoms with Crippen LogP contribution >= 0.6 is 0 Å². The van der Waals surface area contributed by atoms with Gasteiger partial charge < -0.3 is 4.42 Å². The average Bonchev–Trinajstić information content (AvgIpc) is 2.38. The van der Waals surface area contributed by atoms with E-state index < -0.39 is 15.6 Å². The second-order valence-electron chi connectivity index (χ2n) is 3.93. The van der Waals surface area contributed by atoms with Gasteiger partial charge in [0.25, 0.3) is 0 Å². The molecule has 0 aliphatic rings. The quantitative estimate of drug-likeness (QED) is 0.513. The lowest BCUT2D eigenvalue weighted by atomic mass is 10.2. The molecule has 0 bridgehead atoms. The van der Waals surface area contributed by atoms with Crippen LogP contribution in [0.5, 0.6) is 0 Å². The highest BCUT2D eigenvalue weighted by atomic mass is 32.2. The summed E-state index contributed by atoms with van der Waals surface area (Å²) >= 11 is 0. The van der Waals surface area contributed by atoms with E-state index in [1.165, 1.54) is 30.3 Å². The van der Waals surface area contributed by atoms with Crippen molar-refractivity contribution in [2.45, 2.75) is 11.3 Å². The van der Waals surface area contributed by atoms with E-state index in [1.54, 1.807) is 6.08 Å². The van der Waals surface area contributed by atoms with Gasteiger partial charge >= 0.3 is 5.63 Å². The number of benzene rings is 1. The molecule has 1 heterocycles. The van der Waals surface area contributed by atoms with Gasteiger partial charge in [0.2, 0.25) is 10.0 Å². The van der Waals surface area contributed by atoms with E-state index in [0.29, 0.717) is 23.9 Å². The molecule has 6 heteroatoms. The topological polar surface area (TPSA) is 76.4 Å². The summed E-state index contributed by atoms with van der Waals surface area (Å²) in [5, 5.41) is 0.561. The molecule has 5 nitrogen and oxygen atoms in total. The van der Waals surface area contributed by atoms with Crippen LogP contribution in [0.1, 0.15) is 6.42 Å². The molecule has 0 radical (unpaired) electrons. The largest absolute Gasteiger partial charge is 0.423 e. The van der Waals surface area contributed by atoms with Crippen LogP contribution < -0.4 is 10.3 Å². The van der Waals surface area contributed by atoms with Gasteiger partial charge in [0.1, 0.15) is 5.58 Å². The second-order valence-corrected chi connectivity index (χ2v) is 5.70. The van der Waals surface area contributed by atoms with E-state index in [0.717, 1.165) is 0 Å². The van der Waals surface area contributed by atoms with E-state index in [2.05, 4.69) is 11.3 Å². The Morgan fingerprint density at radius 2 is 2.05 bits per heavy atom. The van der Waals surface area contributed by atoms with Gasteiger partial charge in [-0.3, -0.25) is 0 Å². The van der Waals surface area contributed by atoms with Gasteiger partial charge in [-0.2, -0.15) is 0 Å². The van der Waals surface area contributed by atoms with Crippen LogP contribution in [0.4, 0.5) is 0 Å². The molecule has 2 rings (SSSR count). The molecule has 100 valence electrons. The summed E-state index contributed by atoms with van der Waals surface area (Å²) in [5.41, 5.74) is -0.107. The lowest BCUT2D eigenvalue weighted by Crippen LogP contribution is -2.24. The number of rotatable bonds is 5. The fraction of sp³-hybridized carbons (Fsp3) is 0.154. The minimum Gasteiger partial charge on any atom is -0.423 e. The summed E-state index contributed by atoms with van der Waals surface area (Å²) in [6.45, 7) is 3.82. The van der Waals surface area contributed by atoms with Crippen molar-refractivity contribution in [3.63, 3.8) is 0 Å². The first-order valence-electron chi connectivity index (χ1n) is 5.67. The van der Waals surface area contributed by atoms with Gasteiger partial charge in [-0.1, -0.05) is 6.08 Å². The van der Waals surface area contributed by atoms with Crippen LogP contribution in [-0.4, -0.2) is 15.0 Å². The fourth-order valence-corrected chi connectivity index (χ4v) is 2.68. The maximum Gasteiger partial charge on any atom is 0.336 e. The zero-order chi connectivity index (χ0) is 13.9. The molecule has 1 aromatic heterocycles. The van der Waals surface area contributed by atoms with Gasteiger partial charge in [0, 0.05) is 18.0 Å². The molecule has 0 atom stereocenters. The summed E-state index contributed by atoms with van der Waals surface area (Å²) in [6, 6.07) is 7.13.